The predicted octanol–water partition coefficient (Wildman–Crippen LogP) is 5.64. The average Bonchev–Trinajstić information content (AvgIpc) is 3.24. The molecule has 170 valence electrons. The van der Waals surface area contributed by atoms with Gasteiger partial charge in [0.25, 0.3) is 5.56 Å². The third-order valence-corrected chi connectivity index (χ3v) is 7.86. The Hall–Kier alpha value is -3.64. The number of rotatable bonds is 5. The molecular weight excluding hydrogens is 442 g/mol. The monoisotopic (exact) mass is 467 g/mol. The number of ether oxygens (including phenoxy) is 1. The standard InChI is InChI=1S/C28H25N3O2S/c1-33-22-10-5-9-20(14-22)30-21-12-13-24-25(15-21)34-27-26(24)28(32)31(17-29-27)16-19-8-4-7-18-6-2-3-11-23(18)19/h2-11,14,17,21,30H,12-13,15-16H2,1H3. The van der Waals surface area contributed by atoms with E-state index >= 15 is 0 Å². The van der Waals surface area contributed by atoms with Gasteiger partial charge in [0.05, 0.1) is 25.4 Å². The molecule has 0 amide bonds. The van der Waals surface area contributed by atoms with Crippen molar-refractivity contribution in [1.82, 2.24) is 9.55 Å². The smallest absolute Gasteiger partial charge is 0.262 e. The van der Waals surface area contributed by atoms with E-state index in [1.165, 1.54) is 21.2 Å². The minimum absolute atomic E-state index is 0.0645. The van der Waals surface area contributed by atoms with E-state index < -0.39 is 0 Å². The molecule has 1 N–H and O–H groups in total. The molecule has 1 aliphatic rings. The number of methoxy groups -OCH3 is 1. The molecule has 5 nitrogen and oxygen atoms in total. The summed E-state index contributed by atoms with van der Waals surface area (Å²) in [7, 11) is 1.68. The van der Waals surface area contributed by atoms with Crippen LogP contribution in [0, 0.1) is 0 Å². The molecule has 0 aliphatic heterocycles. The van der Waals surface area contributed by atoms with E-state index in [1.807, 2.05) is 30.3 Å². The molecule has 2 heterocycles. The van der Waals surface area contributed by atoms with Gasteiger partial charge in [0, 0.05) is 29.1 Å². The first kappa shape index (κ1) is 20.9. The number of hydrogen-bond acceptors (Lipinski definition) is 5. The second kappa shape index (κ2) is 8.61. The van der Waals surface area contributed by atoms with Gasteiger partial charge in [-0.25, -0.2) is 4.98 Å². The van der Waals surface area contributed by atoms with Crippen LogP contribution in [0.5, 0.6) is 5.75 Å². The molecule has 3 aromatic carbocycles. The quantitative estimate of drug-likeness (QED) is 0.364. The molecular formula is C28H25N3O2S. The maximum Gasteiger partial charge on any atom is 0.262 e. The highest BCUT2D eigenvalue weighted by atomic mass is 32.1. The Kier molecular flexibility index (Phi) is 5.30. The molecule has 1 atom stereocenters. The van der Waals surface area contributed by atoms with Crippen LogP contribution in [0.3, 0.4) is 0 Å². The van der Waals surface area contributed by atoms with Crippen molar-refractivity contribution < 1.29 is 4.74 Å². The Labute approximate surface area is 201 Å². The van der Waals surface area contributed by atoms with Crippen molar-refractivity contribution in [3.05, 3.63) is 99.4 Å². The Morgan fingerprint density at radius 3 is 2.88 bits per heavy atom. The lowest BCUT2D eigenvalue weighted by Gasteiger charge is -2.24. The SMILES string of the molecule is COc1cccc(NC2CCc3c(sc4ncn(Cc5cccc6ccccc56)c(=O)c34)C2)c1. The van der Waals surface area contributed by atoms with Crippen LogP contribution in [-0.2, 0) is 19.4 Å². The summed E-state index contributed by atoms with van der Waals surface area (Å²) in [6.45, 7) is 0.522. The molecule has 6 rings (SSSR count). The van der Waals surface area contributed by atoms with Gasteiger partial charge in [-0.05, 0) is 46.9 Å². The number of fused-ring (bicyclic) bond motifs is 4. The lowest BCUT2D eigenvalue weighted by molar-refractivity contribution is 0.415. The van der Waals surface area contributed by atoms with E-state index in [4.69, 9.17) is 9.72 Å². The number of anilines is 1. The first-order chi connectivity index (χ1) is 16.7. The third-order valence-electron chi connectivity index (χ3n) is 6.70. The lowest BCUT2D eigenvalue weighted by atomic mass is 9.93. The lowest BCUT2D eigenvalue weighted by Crippen LogP contribution is -2.27. The maximum absolute atomic E-state index is 13.5. The average molecular weight is 468 g/mol. The summed E-state index contributed by atoms with van der Waals surface area (Å²) in [5.74, 6) is 0.847. The highest BCUT2D eigenvalue weighted by molar-refractivity contribution is 7.18. The number of benzene rings is 3. The van der Waals surface area contributed by atoms with Gasteiger partial charge in [-0.15, -0.1) is 11.3 Å². The highest BCUT2D eigenvalue weighted by Crippen LogP contribution is 2.35. The van der Waals surface area contributed by atoms with Gasteiger partial charge >= 0.3 is 0 Å². The largest absolute Gasteiger partial charge is 0.497 e. The van der Waals surface area contributed by atoms with E-state index in [1.54, 1.807) is 29.3 Å². The van der Waals surface area contributed by atoms with Gasteiger partial charge in [-0.2, -0.15) is 0 Å². The zero-order valence-electron chi connectivity index (χ0n) is 19.0. The molecule has 2 aromatic heterocycles. The van der Waals surface area contributed by atoms with E-state index in [0.29, 0.717) is 12.6 Å². The Morgan fingerprint density at radius 2 is 1.97 bits per heavy atom. The minimum atomic E-state index is 0.0645. The Bertz CT molecular complexity index is 1560. The molecule has 0 saturated heterocycles. The van der Waals surface area contributed by atoms with Crippen molar-refractivity contribution >= 4 is 38.0 Å². The zero-order chi connectivity index (χ0) is 23.1. The molecule has 0 spiro atoms. The topological polar surface area (TPSA) is 56.1 Å². The van der Waals surface area contributed by atoms with E-state index in [-0.39, 0.29) is 5.56 Å². The molecule has 0 radical (unpaired) electrons. The molecule has 0 bridgehead atoms. The summed E-state index contributed by atoms with van der Waals surface area (Å²) < 4.78 is 7.11. The number of aryl methyl sites for hydroxylation is 1. The van der Waals surface area contributed by atoms with Crippen LogP contribution < -0.4 is 15.6 Å². The fourth-order valence-electron chi connectivity index (χ4n) is 5.00. The number of nitrogens with one attached hydrogen (secondary N) is 1. The second-order valence-electron chi connectivity index (χ2n) is 8.82. The Morgan fingerprint density at radius 1 is 1.12 bits per heavy atom. The van der Waals surface area contributed by atoms with Crippen LogP contribution in [-0.4, -0.2) is 22.7 Å². The van der Waals surface area contributed by atoms with Crippen molar-refractivity contribution in [2.75, 3.05) is 12.4 Å². The number of thiophene rings is 1. The Balaban J connectivity index is 1.30. The van der Waals surface area contributed by atoms with Gasteiger partial charge in [0.1, 0.15) is 10.6 Å². The van der Waals surface area contributed by atoms with E-state index in [9.17, 15) is 4.79 Å². The van der Waals surface area contributed by atoms with Crippen molar-refractivity contribution in [2.24, 2.45) is 0 Å². The number of hydrogen-bond donors (Lipinski definition) is 1. The van der Waals surface area contributed by atoms with Gasteiger partial charge in [0.2, 0.25) is 0 Å². The molecule has 5 aromatic rings. The van der Waals surface area contributed by atoms with Crippen LogP contribution in [0.15, 0.2) is 77.9 Å². The van der Waals surface area contributed by atoms with Gasteiger partial charge in [-0.1, -0.05) is 48.5 Å². The first-order valence-electron chi connectivity index (χ1n) is 11.6. The van der Waals surface area contributed by atoms with Crippen molar-refractivity contribution in [3.63, 3.8) is 0 Å². The van der Waals surface area contributed by atoms with Crippen LogP contribution in [0.4, 0.5) is 5.69 Å². The molecule has 0 saturated carbocycles. The molecule has 1 aliphatic carbocycles. The summed E-state index contributed by atoms with van der Waals surface area (Å²) in [6, 6.07) is 22.9. The minimum Gasteiger partial charge on any atom is -0.497 e. The van der Waals surface area contributed by atoms with Crippen LogP contribution in [0.2, 0.25) is 0 Å². The van der Waals surface area contributed by atoms with Crippen molar-refractivity contribution in [3.8, 4) is 5.75 Å². The number of aromatic nitrogens is 2. The van der Waals surface area contributed by atoms with Crippen molar-refractivity contribution in [2.45, 2.75) is 31.8 Å². The second-order valence-corrected chi connectivity index (χ2v) is 9.90. The molecule has 0 fully saturated rings. The summed E-state index contributed by atoms with van der Waals surface area (Å²) in [4.78, 5) is 20.4. The van der Waals surface area contributed by atoms with E-state index in [0.717, 1.165) is 46.5 Å². The van der Waals surface area contributed by atoms with Crippen LogP contribution in [0.1, 0.15) is 22.4 Å². The maximum atomic E-state index is 13.5. The van der Waals surface area contributed by atoms with Crippen LogP contribution >= 0.6 is 11.3 Å². The molecule has 6 heteroatoms. The normalized spacial score (nSPS) is 15.4. The summed E-state index contributed by atoms with van der Waals surface area (Å²) >= 11 is 1.66. The molecule has 34 heavy (non-hydrogen) atoms. The first-order valence-corrected chi connectivity index (χ1v) is 12.4. The highest BCUT2D eigenvalue weighted by Gasteiger charge is 2.25. The summed E-state index contributed by atoms with van der Waals surface area (Å²) in [5.41, 5.74) is 3.44. The number of nitrogens with zero attached hydrogens (tertiary/aromatic N) is 2. The van der Waals surface area contributed by atoms with Gasteiger partial charge in [0.15, 0.2) is 0 Å². The van der Waals surface area contributed by atoms with Crippen molar-refractivity contribution in [1.29, 1.82) is 0 Å². The van der Waals surface area contributed by atoms with E-state index in [2.05, 4.69) is 41.7 Å². The fourth-order valence-corrected chi connectivity index (χ4v) is 6.26. The fraction of sp³-hybridized carbons (Fsp3) is 0.214. The third kappa shape index (κ3) is 3.74. The summed E-state index contributed by atoms with van der Waals surface area (Å²) in [6.07, 6.45) is 4.47. The van der Waals surface area contributed by atoms with Gasteiger partial charge < -0.3 is 10.1 Å². The van der Waals surface area contributed by atoms with Gasteiger partial charge in [-0.3, -0.25) is 9.36 Å². The molecule has 1 unspecified atom stereocenters. The van der Waals surface area contributed by atoms with Crippen LogP contribution in [0.25, 0.3) is 21.0 Å². The predicted molar refractivity (Wildman–Crippen MR) is 139 cm³/mol. The zero-order valence-corrected chi connectivity index (χ0v) is 19.8. The summed E-state index contributed by atoms with van der Waals surface area (Å²) in [5, 5.41) is 6.81.